The molecular weight excluding hydrogens is 304 g/mol. The van der Waals surface area contributed by atoms with Crippen molar-refractivity contribution in [1.29, 1.82) is 0 Å². The van der Waals surface area contributed by atoms with Gasteiger partial charge in [-0.1, -0.05) is 56.2 Å². The van der Waals surface area contributed by atoms with Crippen LogP contribution in [0.25, 0.3) is 0 Å². The molecule has 5 heteroatoms. The van der Waals surface area contributed by atoms with E-state index < -0.39 is 5.97 Å². The molecule has 0 bridgehead atoms. The number of carbonyl (C=O) groups is 1. The highest BCUT2D eigenvalue weighted by Gasteiger charge is 1.86. The van der Waals surface area contributed by atoms with Crippen LogP contribution in [-0.2, 0) is 4.79 Å². The zero-order valence-electron chi connectivity index (χ0n) is 14.3. The molecule has 0 aliphatic heterocycles. The Bertz CT molecular complexity index is 508. The van der Waals surface area contributed by atoms with Crippen molar-refractivity contribution >= 4 is 17.3 Å². The number of rotatable bonds is 5. The molecule has 0 unspecified atom stereocenters. The molecule has 0 spiro atoms. The molecule has 0 fully saturated rings. The first kappa shape index (κ1) is 21.5. The van der Waals surface area contributed by atoms with E-state index >= 15 is 0 Å². The predicted molar refractivity (Wildman–Crippen MR) is 97.0 cm³/mol. The SMILES string of the molecule is CC(=O)O.CCCCCO.c1ccc(N=Nc2ccccc2)cc1. The van der Waals surface area contributed by atoms with Crippen LogP contribution in [0.2, 0.25) is 0 Å². The summed E-state index contributed by atoms with van der Waals surface area (Å²) in [6, 6.07) is 19.4. The molecule has 2 rings (SSSR count). The molecule has 5 nitrogen and oxygen atoms in total. The normalized spacial score (nSPS) is 9.46. The van der Waals surface area contributed by atoms with Gasteiger partial charge in [0.15, 0.2) is 0 Å². The Morgan fingerprint density at radius 2 is 1.25 bits per heavy atom. The number of hydrogen-bond donors (Lipinski definition) is 2. The summed E-state index contributed by atoms with van der Waals surface area (Å²) < 4.78 is 0. The first-order valence-electron chi connectivity index (χ1n) is 7.92. The Hall–Kier alpha value is -2.53. The molecule has 2 aromatic carbocycles. The Labute approximate surface area is 143 Å². The van der Waals surface area contributed by atoms with Crippen LogP contribution in [0.15, 0.2) is 70.9 Å². The number of aliphatic hydroxyl groups excluding tert-OH is 1. The fraction of sp³-hybridized carbons (Fsp3) is 0.316. The molecule has 0 amide bonds. The zero-order valence-corrected chi connectivity index (χ0v) is 14.3. The number of carboxylic acids is 1. The molecule has 0 aliphatic carbocycles. The molecule has 0 atom stereocenters. The summed E-state index contributed by atoms with van der Waals surface area (Å²) in [7, 11) is 0. The van der Waals surface area contributed by atoms with Gasteiger partial charge in [0.1, 0.15) is 0 Å². The van der Waals surface area contributed by atoms with Gasteiger partial charge in [0.25, 0.3) is 5.97 Å². The average molecular weight is 330 g/mol. The second-order valence-electron chi connectivity index (χ2n) is 4.82. The monoisotopic (exact) mass is 330 g/mol. The molecule has 24 heavy (non-hydrogen) atoms. The van der Waals surface area contributed by atoms with Gasteiger partial charge in [-0.15, -0.1) is 0 Å². The molecule has 0 saturated heterocycles. The number of aliphatic carboxylic acids is 1. The first-order chi connectivity index (χ1) is 11.6. The maximum absolute atomic E-state index is 9.00. The van der Waals surface area contributed by atoms with Gasteiger partial charge in [0.05, 0.1) is 11.4 Å². The summed E-state index contributed by atoms with van der Waals surface area (Å²) in [6.07, 6.45) is 3.33. The molecule has 0 aromatic heterocycles. The van der Waals surface area contributed by atoms with Crippen LogP contribution in [-0.4, -0.2) is 22.8 Å². The van der Waals surface area contributed by atoms with Crippen LogP contribution in [0.1, 0.15) is 33.1 Å². The van der Waals surface area contributed by atoms with Gasteiger partial charge in [-0.25, -0.2) is 0 Å². The van der Waals surface area contributed by atoms with Gasteiger partial charge in [-0.05, 0) is 30.7 Å². The molecule has 2 N–H and O–H groups in total. The first-order valence-corrected chi connectivity index (χ1v) is 7.92. The summed E-state index contributed by atoms with van der Waals surface area (Å²) in [5, 5.41) is 23.8. The van der Waals surface area contributed by atoms with Crippen molar-refractivity contribution < 1.29 is 15.0 Å². The third kappa shape index (κ3) is 14.4. The Balaban J connectivity index is 0.000000443. The van der Waals surface area contributed by atoms with Gasteiger partial charge in [-0.2, -0.15) is 10.2 Å². The van der Waals surface area contributed by atoms with Crippen molar-refractivity contribution in [2.45, 2.75) is 33.1 Å². The summed E-state index contributed by atoms with van der Waals surface area (Å²) in [5.41, 5.74) is 1.74. The fourth-order valence-corrected chi connectivity index (χ4v) is 1.47. The molecule has 0 heterocycles. The van der Waals surface area contributed by atoms with Crippen LogP contribution < -0.4 is 0 Å². The molecular formula is C19H26N2O3. The van der Waals surface area contributed by atoms with E-state index in [-0.39, 0.29) is 0 Å². The smallest absolute Gasteiger partial charge is 0.300 e. The quantitative estimate of drug-likeness (QED) is 0.571. The van der Waals surface area contributed by atoms with Crippen molar-refractivity contribution in [2.24, 2.45) is 10.2 Å². The maximum atomic E-state index is 9.00. The van der Waals surface area contributed by atoms with Gasteiger partial charge in [-0.3, -0.25) is 4.79 Å². The van der Waals surface area contributed by atoms with E-state index in [4.69, 9.17) is 15.0 Å². The second-order valence-corrected chi connectivity index (χ2v) is 4.82. The third-order valence-electron chi connectivity index (χ3n) is 2.55. The number of unbranched alkanes of at least 4 members (excludes halogenated alkanes) is 2. The number of azo groups is 1. The largest absolute Gasteiger partial charge is 0.481 e. The van der Waals surface area contributed by atoms with Gasteiger partial charge in [0.2, 0.25) is 0 Å². The van der Waals surface area contributed by atoms with Crippen LogP contribution in [0.3, 0.4) is 0 Å². The minimum atomic E-state index is -0.833. The molecule has 0 aliphatic rings. The topological polar surface area (TPSA) is 82.2 Å². The van der Waals surface area contributed by atoms with Crippen molar-refractivity contribution in [2.75, 3.05) is 6.61 Å². The van der Waals surface area contributed by atoms with Gasteiger partial charge < -0.3 is 10.2 Å². The van der Waals surface area contributed by atoms with E-state index in [0.29, 0.717) is 6.61 Å². The van der Waals surface area contributed by atoms with Crippen molar-refractivity contribution in [3.63, 3.8) is 0 Å². The molecule has 0 radical (unpaired) electrons. The van der Waals surface area contributed by atoms with E-state index in [9.17, 15) is 0 Å². The minimum absolute atomic E-state index is 0.355. The van der Waals surface area contributed by atoms with E-state index in [2.05, 4.69) is 17.2 Å². The lowest BCUT2D eigenvalue weighted by Crippen LogP contribution is -1.78. The Morgan fingerprint density at radius 1 is 0.875 bits per heavy atom. The second kappa shape index (κ2) is 15.4. The van der Waals surface area contributed by atoms with Crippen molar-refractivity contribution in [3.8, 4) is 0 Å². The lowest BCUT2D eigenvalue weighted by Gasteiger charge is -1.91. The van der Waals surface area contributed by atoms with E-state index in [1.807, 2.05) is 60.7 Å². The van der Waals surface area contributed by atoms with E-state index in [1.165, 1.54) is 6.42 Å². The Kier molecular flexibility index (Phi) is 13.7. The van der Waals surface area contributed by atoms with E-state index in [1.54, 1.807) is 0 Å². The van der Waals surface area contributed by atoms with Gasteiger partial charge in [0, 0.05) is 13.5 Å². The summed E-state index contributed by atoms with van der Waals surface area (Å²) in [6.45, 7) is 3.56. The standard InChI is InChI=1S/C12H10N2.C5H12O.C2H4O2/c1-3-7-11(8-4-1)13-14-12-9-5-2-6-10-12;1-2-3-4-5-6;1-2(3)4/h1-10H;6H,2-5H2,1H3;1H3,(H,3,4). The zero-order chi connectivity index (χ0) is 18.0. The Morgan fingerprint density at radius 3 is 1.50 bits per heavy atom. The number of carboxylic acid groups (broad SMARTS) is 1. The van der Waals surface area contributed by atoms with Gasteiger partial charge >= 0.3 is 0 Å². The summed E-state index contributed by atoms with van der Waals surface area (Å²) in [4.78, 5) is 9.00. The van der Waals surface area contributed by atoms with E-state index in [0.717, 1.165) is 31.1 Å². The van der Waals surface area contributed by atoms with Crippen LogP contribution in [0.4, 0.5) is 11.4 Å². The predicted octanol–water partition coefficient (Wildman–Crippen LogP) is 5.36. The lowest BCUT2D eigenvalue weighted by atomic mass is 10.3. The summed E-state index contributed by atoms with van der Waals surface area (Å²) in [5.74, 6) is -0.833. The van der Waals surface area contributed by atoms with Crippen LogP contribution in [0, 0.1) is 0 Å². The highest BCUT2D eigenvalue weighted by molar-refractivity contribution is 5.62. The maximum Gasteiger partial charge on any atom is 0.300 e. The summed E-state index contributed by atoms with van der Waals surface area (Å²) >= 11 is 0. The third-order valence-corrected chi connectivity index (χ3v) is 2.55. The van der Waals surface area contributed by atoms with Crippen molar-refractivity contribution in [1.82, 2.24) is 0 Å². The fourth-order valence-electron chi connectivity index (χ4n) is 1.47. The lowest BCUT2D eigenvalue weighted by molar-refractivity contribution is -0.134. The number of aliphatic hydroxyl groups is 1. The highest BCUT2D eigenvalue weighted by atomic mass is 16.4. The molecule has 0 saturated carbocycles. The van der Waals surface area contributed by atoms with Crippen LogP contribution >= 0.6 is 0 Å². The number of nitrogens with zero attached hydrogens (tertiary/aromatic N) is 2. The van der Waals surface area contributed by atoms with Crippen molar-refractivity contribution in [3.05, 3.63) is 60.7 Å². The number of benzene rings is 2. The molecule has 2 aromatic rings. The van der Waals surface area contributed by atoms with Crippen LogP contribution in [0.5, 0.6) is 0 Å². The number of hydrogen-bond acceptors (Lipinski definition) is 4. The molecule has 130 valence electrons. The average Bonchev–Trinajstić information content (AvgIpc) is 2.60. The highest BCUT2D eigenvalue weighted by Crippen LogP contribution is 2.16. The minimum Gasteiger partial charge on any atom is -0.481 e.